The third kappa shape index (κ3) is 1.74. The molecule has 0 amide bonds. The van der Waals surface area contributed by atoms with E-state index in [1.54, 1.807) is 18.3 Å². The molecule has 0 aliphatic heterocycles. The molecule has 0 unspecified atom stereocenters. The number of nitriles is 1. The number of anilines is 1. The summed E-state index contributed by atoms with van der Waals surface area (Å²) in [6.45, 7) is 0. The first-order valence-electron chi connectivity index (χ1n) is 5.19. The van der Waals surface area contributed by atoms with Gasteiger partial charge >= 0.3 is 0 Å². The second kappa shape index (κ2) is 4.14. The van der Waals surface area contributed by atoms with E-state index in [1.165, 1.54) is 6.39 Å². The highest BCUT2D eigenvalue weighted by atomic mass is 16.3. The van der Waals surface area contributed by atoms with Crippen LogP contribution >= 0.6 is 0 Å². The molecule has 2 heterocycles. The van der Waals surface area contributed by atoms with Crippen molar-refractivity contribution in [3.05, 3.63) is 36.7 Å². The Kier molecular flexibility index (Phi) is 2.35. The van der Waals surface area contributed by atoms with E-state index in [0.29, 0.717) is 17.1 Å². The van der Waals surface area contributed by atoms with Gasteiger partial charge in [0.15, 0.2) is 24.0 Å². The maximum atomic E-state index is 8.45. The average Bonchev–Trinajstić information content (AvgIpc) is 2.87. The van der Waals surface area contributed by atoms with Crippen LogP contribution in [-0.4, -0.2) is 15.2 Å². The zero-order valence-electron chi connectivity index (χ0n) is 9.16. The maximum Gasteiger partial charge on any atom is 0.182 e. The Bertz CT molecular complexity index is 726. The van der Waals surface area contributed by atoms with Crippen LogP contribution in [0.5, 0.6) is 0 Å². The van der Waals surface area contributed by atoms with Crippen LogP contribution in [0, 0.1) is 11.5 Å². The predicted octanol–water partition coefficient (Wildman–Crippen LogP) is 2.18. The number of hydrogen-bond donors (Lipinski definition) is 1. The van der Waals surface area contributed by atoms with Crippen molar-refractivity contribution in [2.24, 2.45) is 0 Å². The molecule has 6 heteroatoms. The molecule has 0 aliphatic carbocycles. The Morgan fingerprint density at radius 2 is 2.11 bits per heavy atom. The van der Waals surface area contributed by atoms with Crippen LogP contribution in [0.1, 0.15) is 0 Å². The number of benzene rings is 1. The molecule has 0 radical (unpaired) electrons. The fourth-order valence-corrected chi connectivity index (χ4v) is 1.62. The lowest BCUT2D eigenvalue weighted by Crippen LogP contribution is -1.94. The van der Waals surface area contributed by atoms with Crippen LogP contribution in [-0.2, 0) is 0 Å². The molecule has 0 bridgehead atoms. The summed E-state index contributed by atoms with van der Waals surface area (Å²) in [5, 5.41) is 18.8. The van der Waals surface area contributed by atoms with E-state index < -0.39 is 0 Å². The highest BCUT2D eigenvalue weighted by Gasteiger charge is 2.04. The fraction of sp³-hybridized carbons (Fsp3) is 0. The summed E-state index contributed by atoms with van der Waals surface area (Å²) in [5.74, 6) is 0.419. The lowest BCUT2D eigenvalue weighted by molar-refractivity contribution is 0.602. The second-order valence-corrected chi connectivity index (χ2v) is 3.58. The van der Waals surface area contributed by atoms with Crippen LogP contribution in [0.3, 0.4) is 0 Å². The maximum absolute atomic E-state index is 8.45. The third-order valence-electron chi connectivity index (χ3n) is 2.48. The van der Waals surface area contributed by atoms with Crippen molar-refractivity contribution >= 4 is 16.9 Å². The van der Waals surface area contributed by atoms with Gasteiger partial charge in [-0.15, -0.1) is 10.2 Å². The van der Waals surface area contributed by atoms with Crippen LogP contribution in [0.15, 0.2) is 41.1 Å². The summed E-state index contributed by atoms with van der Waals surface area (Å²) >= 11 is 0. The molecule has 86 valence electrons. The Morgan fingerprint density at radius 3 is 2.89 bits per heavy atom. The summed E-state index contributed by atoms with van der Waals surface area (Å²) in [7, 11) is 0. The van der Waals surface area contributed by atoms with Gasteiger partial charge in [0.05, 0.1) is 5.69 Å². The largest absolute Gasteiger partial charge is 0.443 e. The molecular weight excluding hydrogens is 230 g/mol. The molecule has 0 saturated carbocycles. The fourth-order valence-electron chi connectivity index (χ4n) is 1.62. The number of rotatable bonds is 2. The third-order valence-corrected chi connectivity index (χ3v) is 2.48. The van der Waals surface area contributed by atoms with Gasteiger partial charge in [0, 0.05) is 5.56 Å². The van der Waals surface area contributed by atoms with E-state index in [0.717, 1.165) is 11.1 Å². The number of nitrogens with zero attached hydrogens (tertiary/aromatic N) is 4. The number of aromatic nitrogens is 3. The Morgan fingerprint density at radius 1 is 1.17 bits per heavy atom. The Balaban J connectivity index is 2.00. The van der Waals surface area contributed by atoms with Gasteiger partial charge in [0.2, 0.25) is 0 Å². The normalized spacial score (nSPS) is 10.2. The molecule has 0 aliphatic rings. The predicted molar refractivity (Wildman–Crippen MR) is 64.3 cm³/mol. The van der Waals surface area contributed by atoms with Crippen molar-refractivity contribution in [1.82, 2.24) is 15.2 Å². The summed E-state index contributed by atoms with van der Waals surface area (Å²) in [6, 6.07) is 9.08. The number of oxazole rings is 1. The van der Waals surface area contributed by atoms with Gasteiger partial charge in [0.1, 0.15) is 5.52 Å². The van der Waals surface area contributed by atoms with Crippen molar-refractivity contribution in [1.29, 1.82) is 5.26 Å². The molecule has 0 fully saturated rings. The van der Waals surface area contributed by atoms with Gasteiger partial charge in [-0.25, -0.2) is 4.98 Å². The topological polar surface area (TPSA) is 87.6 Å². The monoisotopic (exact) mass is 237 g/mol. The molecule has 3 rings (SSSR count). The molecule has 0 saturated heterocycles. The van der Waals surface area contributed by atoms with Crippen molar-refractivity contribution < 1.29 is 4.42 Å². The smallest absolute Gasteiger partial charge is 0.182 e. The van der Waals surface area contributed by atoms with E-state index in [-0.39, 0.29) is 0 Å². The lowest BCUT2D eigenvalue weighted by Gasteiger charge is -2.00. The van der Waals surface area contributed by atoms with E-state index in [2.05, 4.69) is 20.5 Å². The van der Waals surface area contributed by atoms with Crippen LogP contribution in [0.2, 0.25) is 0 Å². The van der Waals surface area contributed by atoms with E-state index in [9.17, 15) is 0 Å². The van der Waals surface area contributed by atoms with E-state index in [4.69, 9.17) is 9.68 Å². The highest BCUT2D eigenvalue weighted by molar-refractivity contribution is 5.78. The van der Waals surface area contributed by atoms with Crippen LogP contribution in [0.4, 0.5) is 5.82 Å². The molecule has 0 atom stereocenters. The summed E-state index contributed by atoms with van der Waals surface area (Å²) in [6.07, 6.45) is 3.19. The molecular formula is C12H7N5O. The summed E-state index contributed by atoms with van der Waals surface area (Å²) in [4.78, 5) is 4.04. The molecule has 1 aromatic carbocycles. The van der Waals surface area contributed by atoms with Gasteiger partial charge in [-0.05, 0) is 24.3 Å². The van der Waals surface area contributed by atoms with Crippen LogP contribution in [0.25, 0.3) is 22.4 Å². The van der Waals surface area contributed by atoms with E-state index >= 15 is 0 Å². The number of nitrogens with one attached hydrogen (secondary N) is 1. The van der Waals surface area contributed by atoms with Gasteiger partial charge < -0.3 is 4.42 Å². The van der Waals surface area contributed by atoms with Gasteiger partial charge in [-0.1, -0.05) is 6.07 Å². The highest BCUT2D eigenvalue weighted by Crippen LogP contribution is 2.22. The molecule has 3 aromatic rings. The number of hydrogen-bond acceptors (Lipinski definition) is 6. The second-order valence-electron chi connectivity index (χ2n) is 3.58. The number of fused-ring (bicyclic) bond motifs is 1. The molecule has 2 aromatic heterocycles. The van der Waals surface area contributed by atoms with Crippen LogP contribution < -0.4 is 5.32 Å². The Hall–Kier alpha value is -2.94. The van der Waals surface area contributed by atoms with Crippen molar-refractivity contribution in [2.75, 3.05) is 5.32 Å². The minimum Gasteiger partial charge on any atom is -0.443 e. The quantitative estimate of drug-likeness (QED) is 0.543. The van der Waals surface area contributed by atoms with Gasteiger partial charge in [-0.3, -0.25) is 5.32 Å². The SMILES string of the molecule is N#CNc1ccc(-c2ccc3ncoc3c2)nn1. The molecule has 1 N–H and O–H groups in total. The zero-order valence-corrected chi connectivity index (χ0v) is 9.16. The summed E-state index contributed by atoms with van der Waals surface area (Å²) in [5.41, 5.74) is 3.09. The van der Waals surface area contributed by atoms with Crippen molar-refractivity contribution in [3.8, 4) is 17.5 Å². The van der Waals surface area contributed by atoms with Gasteiger partial charge in [0.25, 0.3) is 0 Å². The first kappa shape index (κ1) is 10.2. The zero-order chi connectivity index (χ0) is 12.4. The lowest BCUT2D eigenvalue weighted by atomic mass is 10.1. The average molecular weight is 237 g/mol. The standard InChI is InChI=1S/C12H7N5O/c13-6-14-12-4-3-9(16-17-12)8-1-2-10-11(5-8)18-7-15-10/h1-5,7H,(H,14,17). The van der Waals surface area contributed by atoms with E-state index in [1.807, 2.05) is 18.2 Å². The molecule has 18 heavy (non-hydrogen) atoms. The van der Waals surface area contributed by atoms with Gasteiger partial charge in [-0.2, -0.15) is 5.26 Å². The molecule has 6 nitrogen and oxygen atoms in total. The molecule has 0 spiro atoms. The van der Waals surface area contributed by atoms with Crippen molar-refractivity contribution in [3.63, 3.8) is 0 Å². The Labute approximate surface area is 102 Å². The minimum absolute atomic E-state index is 0.419. The first-order valence-corrected chi connectivity index (χ1v) is 5.19. The van der Waals surface area contributed by atoms with Crippen molar-refractivity contribution in [2.45, 2.75) is 0 Å². The minimum atomic E-state index is 0.419. The summed E-state index contributed by atoms with van der Waals surface area (Å²) < 4.78 is 5.23. The first-order chi connectivity index (χ1) is 8.86.